The Hall–Kier alpha value is -1.16. The smallest absolute Gasteiger partial charge is 0.146 e. The van der Waals surface area contributed by atoms with E-state index in [-0.39, 0.29) is 11.9 Å². The molecule has 0 saturated carbocycles. The first-order valence-electron chi connectivity index (χ1n) is 7.05. The highest BCUT2D eigenvalue weighted by Gasteiger charge is 2.26. The van der Waals surface area contributed by atoms with Crippen LogP contribution in [0.15, 0.2) is 18.2 Å². The molecular weight excluding hydrogens is 246 g/mol. The zero-order valence-electron chi connectivity index (χ0n) is 11.4. The number of nitrogens with zero attached hydrogens (tertiary/aromatic N) is 1. The number of anilines is 1. The number of nitrogens with two attached hydrogens (primary N) is 1. The molecule has 19 heavy (non-hydrogen) atoms. The van der Waals surface area contributed by atoms with Crippen LogP contribution in [0.25, 0.3) is 0 Å². The van der Waals surface area contributed by atoms with Crippen LogP contribution in [0.2, 0.25) is 0 Å². The fraction of sp³-hybridized carbons (Fsp3) is 0.600. The zero-order chi connectivity index (χ0) is 13.8. The second-order valence-corrected chi connectivity index (χ2v) is 5.50. The molecule has 1 fully saturated rings. The quantitative estimate of drug-likeness (QED) is 0.907. The second kappa shape index (κ2) is 6.33. The topological polar surface area (TPSA) is 29.3 Å². The molecule has 1 heterocycles. The summed E-state index contributed by atoms with van der Waals surface area (Å²) in [6.45, 7) is 3.53. The van der Waals surface area contributed by atoms with Crippen LogP contribution in [0.1, 0.15) is 32.6 Å². The Morgan fingerprint density at radius 3 is 2.84 bits per heavy atom. The molecular formula is C15H22F2N2. The summed E-state index contributed by atoms with van der Waals surface area (Å²) in [6.07, 6.45) is 4.40. The number of rotatable bonds is 4. The lowest BCUT2D eigenvalue weighted by molar-refractivity contribution is 0.347. The number of hydrogen-bond donors (Lipinski definition) is 1. The molecule has 0 aliphatic carbocycles. The number of halogens is 2. The largest absolute Gasteiger partial charge is 0.367 e. The molecule has 1 aliphatic heterocycles. The van der Waals surface area contributed by atoms with E-state index in [4.69, 9.17) is 5.73 Å². The minimum atomic E-state index is -0.402. The van der Waals surface area contributed by atoms with Gasteiger partial charge in [-0.15, -0.1) is 0 Å². The van der Waals surface area contributed by atoms with Crippen molar-refractivity contribution < 1.29 is 8.78 Å². The van der Waals surface area contributed by atoms with Gasteiger partial charge in [-0.25, -0.2) is 8.78 Å². The van der Waals surface area contributed by atoms with Gasteiger partial charge in [-0.05, 0) is 30.9 Å². The summed E-state index contributed by atoms with van der Waals surface area (Å²) in [5.41, 5.74) is 6.40. The molecule has 2 rings (SSSR count). The Kier molecular flexibility index (Phi) is 4.75. The van der Waals surface area contributed by atoms with E-state index in [9.17, 15) is 8.78 Å². The van der Waals surface area contributed by atoms with E-state index >= 15 is 0 Å². The summed E-state index contributed by atoms with van der Waals surface area (Å²) in [5, 5.41) is 0. The third-order valence-electron chi connectivity index (χ3n) is 3.78. The number of hydrogen-bond acceptors (Lipinski definition) is 2. The van der Waals surface area contributed by atoms with Gasteiger partial charge in [0.1, 0.15) is 11.6 Å². The van der Waals surface area contributed by atoms with Gasteiger partial charge in [-0.1, -0.05) is 19.8 Å². The summed E-state index contributed by atoms with van der Waals surface area (Å²) in [6, 6.07) is 3.64. The summed E-state index contributed by atoms with van der Waals surface area (Å²) in [5.74, 6) is -0.295. The Morgan fingerprint density at radius 1 is 1.32 bits per heavy atom. The minimum Gasteiger partial charge on any atom is -0.367 e. The first kappa shape index (κ1) is 14.3. The van der Waals surface area contributed by atoms with E-state index in [0.717, 1.165) is 38.3 Å². The summed E-state index contributed by atoms with van der Waals surface area (Å²) in [4.78, 5) is 1.90. The van der Waals surface area contributed by atoms with E-state index < -0.39 is 5.82 Å². The van der Waals surface area contributed by atoms with Crippen LogP contribution in [0.4, 0.5) is 14.5 Å². The predicted molar refractivity (Wildman–Crippen MR) is 74.2 cm³/mol. The molecule has 4 heteroatoms. The van der Waals surface area contributed by atoms with Gasteiger partial charge in [0.05, 0.1) is 5.69 Å². The van der Waals surface area contributed by atoms with Gasteiger partial charge < -0.3 is 10.6 Å². The molecule has 1 aromatic rings. The molecule has 0 amide bonds. The summed E-state index contributed by atoms with van der Waals surface area (Å²) in [7, 11) is 0. The van der Waals surface area contributed by atoms with Crippen LogP contribution >= 0.6 is 0 Å². The van der Waals surface area contributed by atoms with Crippen molar-refractivity contribution in [1.82, 2.24) is 0 Å². The Balaban J connectivity index is 2.12. The molecule has 1 aromatic carbocycles. The van der Waals surface area contributed by atoms with E-state index in [1.54, 1.807) is 0 Å². The highest BCUT2D eigenvalue weighted by Crippen LogP contribution is 2.28. The molecule has 1 saturated heterocycles. The average molecular weight is 268 g/mol. The van der Waals surface area contributed by atoms with Gasteiger partial charge in [0.2, 0.25) is 0 Å². The molecule has 0 bridgehead atoms. The van der Waals surface area contributed by atoms with Gasteiger partial charge >= 0.3 is 0 Å². The van der Waals surface area contributed by atoms with Gasteiger partial charge in [0, 0.05) is 25.2 Å². The van der Waals surface area contributed by atoms with Crippen molar-refractivity contribution >= 4 is 5.69 Å². The SMILES string of the molecule is CCCCC1CC(N)CN(c2cc(F)ccc2F)C1. The summed E-state index contributed by atoms with van der Waals surface area (Å²) >= 11 is 0. The van der Waals surface area contributed by atoms with Crippen molar-refractivity contribution in [2.24, 2.45) is 11.7 Å². The molecule has 2 nitrogen and oxygen atoms in total. The van der Waals surface area contributed by atoms with Crippen LogP contribution in [0.3, 0.4) is 0 Å². The van der Waals surface area contributed by atoms with Crippen LogP contribution < -0.4 is 10.6 Å². The van der Waals surface area contributed by atoms with E-state index in [1.165, 1.54) is 12.1 Å². The molecule has 0 radical (unpaired) electrons. The highest BCUT2D eigenvalue weighted by atomic mass is 19.1. The van der Waals surface area contributed by atoms with Gasteiger partial charge in [0.15, 0.2) is 0 Å². The van der Waals surface area contributed by atoms with Crippen LogP contribution in [0.5, 0.6) is 0 Å². The van der Waals surface area contributed by atoms with Gasteiger partial charge in [-0.2, -0.15) is 0 Å². The van der Waals surface area contributed by atoms with Crippen molar-refractivity contribution in [3.8, 4) is 0 Å². The first-order chi connectivity index (χ1) is 9.10. The third-order valence-corrected chi connectivity index (χ3v) is 3.78. The third kappa shape index (κ3) is 3.66. The van der Waals surface area contributed by atoms with Crippen LogP contribution in [-0.2, 0) is 0 Å². The predicted octanol–water partition coefficient (Wildman–Crippen LogP) is 3.31. The monoisotopic (exact) mass is 268 g/mol. The van der Waals surface area contributed by atoms with Gasteiger partial charge in [0.25, 0.3) is 0 Å². The molecule has 2 N–H and O–H groups in total. The normalized spacial score (nSPS) is 23.7. The van der Waals surface area contributed by atoms with Gasteiger partial charge in [-0.3, -0.25) is 0 Å². The maximum atomic E-state index is 13.8. The van der Waals surface area contributed by atoms with E-state index in [1.807, 2.05) is 4.90 Å². The molecule has 0 spiro atoms. The number of benzene rings is 1. The lowest BCUT2D eigenvalue weighted by Crippen LogP contribution is -2.47. The minimum absolute atomic E-state index is 0.0401. The molecule has 2 atom stereocenters. The Morgan fingerprint density at radius 2 is 2.11 bits per heavy atom. The Labute approximate surface area is 113 Å². The van der Waals surface area contributed by atoms with Crippen molar-refractivity contribution in [3.05, 3.63) is 29.8 Å². The van der Waals surface area contributed by atoms with Crippen molar-refractivity contribution in [3.63, 3.8) is 0 Å². The molecule has 106 valence electrons. The van der Waals surface area contributed by atoms with E-state index in [2.05, 4.69) is 6.92 Å². The Bertz CT molecular complexity index is 423. The summed E-state index contributed by atoms with van der Waals surface area (Å²) < 4.78 is 27.1. The van der Waals surface area contributed by atoms with E-state index in [0.29, 0.717) is 18.2 Å². The maximum Gasteiger partial charge on any atom is 0.146 e. The number of unbranched alkanes of at least 4 members (excludes halogenated alkanes) is 1. The van der Waals surface area contributed by atoms with Crippen molar-refractivity contribution in [2.45, 2.75) is 38.6 Å². The fourth-order valence-corrected chi connectivity index (χ4v) is 2.87. The average Bonchev–Trinajstić information content (AvgIpc) is 2.38. The second-order valence-electron chi connectivity index (χ2n) is 5.50. The standard InChI is InChI=1S/C15H22F2N2/c1-2-3-4-11-7-13(18)10-19(9-11)15-8-12(16)5-6-14(15)17/h5-6,8,11,13H,2-4,7,9-10,18H2,1H3. The van der Waals surface area contributed by atoms with Crippen molar-refractivity contribution in [2.75, 3.05) is 18.0 Å². The molecule has 0 aromatic heterocycles. The fourth-order valence-electron chi connectivity index (χ4n) is 2.87. The number of piperidine rings is 1. The van der Waals surface area contributed by atoms with Crippen LogP contribution in [0, 0.1) is 17.6 Å². The molecule has 2 unspecified atom stereocenters. The maximum absolute atomic E-state index is 13.8. The zero-order valence-corrected chi connectivity index (χ0v) is 11.4. The van der Waals surface area contributed by atoms with Crippen molar-refractivity contribution in [1.29, 1.82) is 0 Å². The lowest BCUT2D eigenvalue weighted by atomic mass is 9.90. The first-order valence-corrected chi connectivity index (χ1v) is 7.05. The highest BCUT2D eigenvalue weighted by molar-refractivity contribution is 5.48. The molecule has 1 aliphatic rings. The lowest BCUT2D eigenvalue weighted by Gasteiger charge is -2.38. The van der Waals surface area contributed by atoms with Crippen LogP contribution in [-0.4, -0.2) is 19.1 Å².